The van der Waals surface area contributed by atoms with E-state index in [1.165, 1.54) is 77.4 Å². The van der Waals surface area contributed by atoms with Crippen molar-refractivity contribution in [1.29, 1.82) is 0 Å². The van der Waals surface area contributed by atoms with E-state index in [2.05, 4.69) is 255 Å². The molecule has 11 rings (SSSR count). The van der Waals surface area contributed by atoms with E-state index in [0.29, 0.717) is 0 Å². The van der Waals surface area contributed by atoms with Crippen LogP contribution in [0.5, 0.6) is 0 Å². The van der Waals surface area contributed by atoms with Gasteiger partial charge in [0.25, 0.3) is 0 Å². The predicted octanol–water partition coefficient (Wildman–Crippen LogP) is 15.7. The van der Waals surface area contributed by atoms with E-state index in [0.717, 1.165) is 17.1 Å². The molecule has 2 nitrogen and oxygen atoms in total. The third-order valence-electron chi connectivity index (χ3n) is 12.7. The average Bonchev–Trinajstić information content (AvgIpc) is 3.81. The monoisotopic (exact) mass is 782 g/mol. The number of aromatic nitrogens is 1. The highest BCUT2D eigenvalue weighted by atomic mass is 15.1. The van der Waals surface area contributed by atoms with E-state index in [4.69, 9.17) is 0 Å². The van der Waals surface area contributed by atoms with Crippen LogP contribution in [-0.2, 0) is 11.0 Å². The molecular weight excluding hydrogens is 737 g/mol. The van der Waals surface area contributed by atoms with Crippen LogP contribution in [0.15, 0.2) is 224 Å². The minimum atomic E-state index is -0.578. The molecule has 0 aliphatic heterocycles. The molecule has 0 saturated heterocycles. The number of benzene rings is 9. The zero-order valence-corrected chi connectivity index (χ0v) is 34.8. The Hall–Kier alpha value is -7.42. The van der Waals surface area contributed by atoms with Crippen molar-refractivity contribution in [2.45, 2.75) is 31.7 Å². The maximum Gasteiger partial charge on any atom is 0.0714 e. The van der Waals surface area contributed by atoms with Crippen molar-refractivity contribution in [1.82, 2.24) is 4.57 Å². The molecule has 0 spiro atoms. The van der Waals surface area contributed by atoms with Crippen LogP contribution in [0.2, 0.25) is 0 Å². The van der Waals surface area contributed by atoms with Crippen LogP contribution in [0.1, 0.15) is 43.0 Å². The van der Waals surface area contributed by atoms with Gasteiger partial charge in [0.2, 0.25) is 0 Å². The lowest BCUT2D eigenvalue weighted by molar-refractivity contribution is 0.423. The molecular formula is C59H46N2. The smallest absolute Gasteiger partial charge is 0.0714 e. The lowest BCUT2D eigenvalue weighted by Gasteiger charge is -2.35. The summed E-state index contributed by atoms with van der Waals surface area (Å²) in [5, 5.41) is 2.57. The Kier molecular flexibility index (Phi) is 8.65. The molecule has 0 saturated carbocycles. The zero-order valence-electron chi connectivity index (χ0n) is 34.8. The van der Waals surface area contributed by atoms with Crippen molar-refractivity contribution in [2.75, 3.05) is 4.90 Å². The van der Waals surface area contributed by atoms with Crippen LogP contribution in [-0.4, -0.2) is 4.57 Å². The minimum absolute atomic E-state index is 0.0618. The summed E-state index contributed by atoms with van der Waals surface area (Å²) in [6.07, 6.45) is 0. The fourth-order valence-corrected chi connectivity index (χ4v) is 10.1. The lowest BCUT2D eigenvalue weighted by Crippen LogP contribution is -2.28. The van der Waals surface area contributed by atoms with Crippen LogP contribution < -0.4 is 4.90 Å². The number of anilines is 3. The highest BCUT2D eigenvalue weighted by Crippen LogP contribution is 2.58. The highest BCUT2D eigenvalue weighted by Gasteiger charge is 2.46. The first-order chi connectivity index (χ1) is 29.9. The van der Waals surface area contributed by atoms with Crippen molar-refractivity contribution < 1.29 is 0 Å². The second-order valence-corrected chi connectivity index (χ2v) is 17.3. The number of fused-ring (bicyclic) bond motifs is 6. The minimum Gasteiger partial charge on any atom is -0.335 e. The van der Waals surface area contributed by atoms with Gasteiger partial charge in [-0.05, 0) is 137 Å². The summed E-state index contributed by atoms with van der Waals surface area (Å²) < 4.78 is 2.49. The van der Waals surface area contributed by atoms with Gasteiger partial charge in [-0.3, -0.25) is 0 Å². The van der Waals surface area contributed by atoms with Crippen molar-refractivity contribution in [3.8, 4) is 33.4 Å². The summed E-state index contributed by atoms with van der Waals surface area (Å²) in [5.41, 5.74) is 17.7. The second-order valence-electron chi connectivity index (χ2n) is 17.3. The molecule has 0 atom stereocenters. The third kappa shape index (κ3) is 5.93. The van der Waals surface area contributed by atoms with Crippen LogP contribution in [0.4, 0.5) is 17.1 Å². The van der Waals surface area contributed by atoms with Crippen molar-refractivity contribution in [3.05, 3.63) is 247 Å². The van der Waals surface area contributed by atoms with Crippen LogP contribution in [0.3, 0.4) is 0 Å². The van der Waals surface area contributed by atoms with Gasteiger partial charge in [0.15, 0.2) is 0 Å². The highest BCUT2D eigenvalue weighted by molar-refractivity contribution is 6.09. The van der Waals surface area contributed by atoms with Crippen molar-refractivity contribution >= 4 is 38.9 Å². The summed E-state index contributed by atoms with van der Waals surface area (Å²) in [7, 11) is 0. The fourth-order valence-electron chi connectivity index (χ4n) is 10.1. The largest absolute Gasteiger partial charge is 0.335 e. The first-order valence-electron chi connectivity index (χ1n) is 21.3. The van der Waals surface area contributed by atoms with Crippen LogP contribution in [0, 0.1) is 0 Å². The van der Waals surface area contributed by atoms with Gasteiger partial charge in [0.05, 0.1) is 5.41 Å². The van der Waals surface area contributed by atoms with Gasteiger partial charge in [-0.15, -0.1) is 0 Å². The Morgan fingerprint density at radius 1 is 0.361 bits per heavy atom. The SMILES string of the molecule is CC(C)(C)n1c2ccccc2c2cc(-c3ccc4c(c3)C(c3ccccc3)(c3ccccc3)c3cc(N(c5ccccc5)c5ccc(-c6ccccc6)cc5)ccc3-4)ccc21. The Morgan fingerprint density at radius 2 is 0.820 bits per heavy atom. The molecule has 0 amide bonds. The Labute approximate surface area is 358 Å². The molecule has 0 bridgehead atoms. The van der Waals surface area contributed by atoms with E-state index >= 15 is 0 Å². The predicted molar refractivity (Wildman–Crippen MR) is 257 cm³/mol. The molecule has 0 radical (unpaired) electrons. The van der Waals surface area contributed by atoms with Gasteiger partial charge in [-0.1, -0.05) is 164 Å². The lowest BCUT2D eigenvalue weighted by atomic mass is 9.67. The van der Waals surface area contributed by atoms with Crippen molar-refractivity contribution in [3.63, 3.8) is 0 Å². The van der Waals surface area contributed by atoms with Gasteiger partial charge in [-0.2, -0.15) is 0 Å². The Morgan fingerprint density at radius 3 is 1.48 bits per heavy atom. The van der Waals surface area contributed by atoms with Gasteiger partial charge in [-0.25, -0.2) is 0 Å². The molecule has 9 aromatic carbocycles. The maximum absolute atomic E-state index is 2.49. The number of hydrogen-bond acceptors (Lipinski definition) is 1. The van der Waals surface area contributed by atoms with Crippen molar-refractivity contribution in [2.24, 2.45) is 0 Å². The molecule has 292 valence electrons. The summed E-state index contributed by atoms with van der Waals surface area (Å²) in [4.78, 5) is 2.40. The summed E-state index contributed by atoms with van der Waals surface area (Å²) in [5.74, 6) is 0. The topological polar surface area (TPSA) is 8.17 Å². The van der Waals surface area contributed by atoms with E-state index in [9.17, 15) is 0 Å². The summed E-state index contributed by atoms with van der Waals surface area (Å²) >= 11 is 0. The summed E-state index contributed by atoms with van der Waals surface area (Å²) in [6, 6.07) is 82.8. The van der Waals surface area contributed by atoms with E-state index in [1.807, 2.05) is 0 Å². The van der Waals surface area contributed by atoms with E-state index < -0.39 is 5.41 Å². The number of nitrogens with zero attached hydrogens (tertiary/aromatic N) is 2. The van der Waals surface area contributed by atoms with Gasteiger partial charge in [0.1, 0.15) is 0 Å². The number of rotatable bonds is 7. The molecule has 1 aliphatic carbocycles. The molecule has 0 fully saturated rings. The molecule has 0 unspecified atom stereocenters. The molecule has 61 heavy (non-hydrogen) atoms. The third-order valence-corrected chi connectivity index (χ3v) is 12.7. The van der Waals surface area contributed by atoms with Gasteiger partial charge in [0, 0.05) is 44.4 Å². The maximum atomic E-state index is 2.49. The standard InChI is InChI=1S/C59H46N2/c1-58(2,3)61-56-27-17-16-26-52(56)53-38-43(31-37-57(53)61)44-30-35-50-51-36-34-49(40-55(51)59(54(50)39-44,45-20-10-5-11-21-45)46-22-12-6-13-23-46)60(47-24-14-7-15-25-47)48-32-28-42(29-33-48)41-18-8-4-9-19-41/h4-40H,1-3H3. The molecule has 1 aliphatic rings. The van der Waals surface area contributed by atoms with Gasteiger partial charge < -0.3 is 9.47 Å². The Balaban J connectivity index is 1.13. The first-order valence-corrected chi connectivity index (χ1v) is 21.3. The molecule has 10 aromatic rings. The number of hydrogen-bond donors (Lipinski definition) is 0. The van der Waals surface area contributed by atoms with Gasteiger partial charge >= 0.3 is 0 Å². The second kappa shape index (κ2) is 14.4. The quantitative estimate of drug-likeness (QED) is 0.156. The number of para-hydroxylation sites is 2. The van der Waals surface area contributed by atoms with Crippen LogP contribution >= 0.6 is 0 Å². The average molecular weight is 783 g/mol. The Bertz CT molecular complexity index is 3150. The summed E-state index contributed by atoms with van der Waals surface area (Å²) in [6.45, 7) is 6.89. The zero-order chi connectivity index (χ0) is 41.1. The molecule has 2 heteroatoms. The van der Waals surface area contributed by atoms with E-state index in [1.54, 1.807) is 0 Å². The molecule has 1 aromatic heterocycles. The first kappa shape index (κ1) is 36.6. The fraction of sp³-hybridized carbons (Fsp3) is 0.0847. The van der Waals surface area contributed by atoms with Crippen LogP contribution in [0.25, 0.3) is 55.2 Å². The normalized spacial score (nSPS) is 13.0. The van der Waals surface area contributed by atoms with E-state index in [-0.39, 0.29) is 5.54 Å². The molecule has 1 heterocycles. The molecule has 0 N–H and O–H groups in total.